The van der Waals surface area contributed by atoms with E-state index in [2.05, 4.69) is 5.10 Å². The van der Waals surface area contributed by atoms with Crippen LogP contribution in [0.2, 0.25) is 0 Å². The summed E-state index contributed by atoms with van der Waals surface area (Å²) in [4.78, 5) is 25.2. The van der Waals surface area contributed by atoms with Gasteiger partial charge in [-0.25, -0.2) is 9.07 Å². The van der Waals surface area contributed by atoms with Crippen LogP contribution < -0.4 is 5.56 Å². The standard InChI is InChI=1S/C15H16FN3O2/c1-3-19(10-11-5-4-6-12(16)9-11)15(21)13-7-8-14(20)18(2)17-13/h4-9H,3,10H2,1-2H3. The van der Waals surface area contributed by atoms with Gasteiger partial charge >= 0.3 is 0 Å². The Morgan fingerprint density at radius 3 is 2.71 bits per heavy atom. The van der Waals surface area contributed by atoms with Gasteiger partial charge < -0.3 is 4.90 Å². The van der Waals surface area contributed by atoms with E-state index in [0.29, 0.717) is 12.1 Å². The normalized spacial score (nSPS) is 10.4. The van der Waals surface area contributed by atoms with Crippen molar-refractivity contribution >= 4 is 5.91 Å². The van der Waals surface area contributed by atoms with Crippen molar-refractivity contribution in [3.8, 4) is 0 Å². The van der Waals surface area contributed by atoms with Gasteiger partial charge in [0.2, 0.25) is 0 Å². The molecular weight excluding hydrogens is 273 g/mol. The van der Waals surface area contributed by atoms with Crippen LogP contribution in [0.4, 0.5) is 4.39 Å². The second-order valence-corrected chi connectivity index (χ2v) is 4.63. The lowest BCUT2D eigenvalue weighted by molar-refractivity contribution is 0.0744. The van der Waals surface area contributed by atoms with Crippen LogP contribution in [-0.4, -0.2) is 27.1 Å². The van der Waals surface area contributed by atoms with E-state index in [-0.39, 0.29) is 29.5 Å². The number of hydrogen-bond acceptors (Lipinski definition) is 3. The maximum Gasteiger partial charge on any atom is 0.274 e. The number of halogens is 1. The van der Waals surface area contributed by atoms with Crippen molar-refractivity contribution in [3.05, 3.63) is 63.8 Å². The van der Waals surface area contributed by atoms with E-state index in [4.69, 9.17) is 0 Å². The highest BCUT2D eigenvalue weighted by Crippen LogP contribution is 2.09. The van der Waals surface area contributed by atoms with Gasteiger partial charge in [0.1, 0.15) is 11.5 Å². The van der Waals surface area contributed by atoms with Gasteiger partial charge in [-0.05, 0) is 30.7 Å². The van der Waals surface area contributed by atoms with E-state index < -0.39 is 0 Å². The molecule has 6 heteroatoms. The van der Waals surface area contributed by atoms with Crippen LogP contribution in [-0.2, 0) is 13.6 Å². The van der Waals surface area contributed by atoms with Crippen molar-refractivity contribution in [2.75, 3.05) is 6.54 Å². The van der Waals surface area contributed by atoms with Crippen LogP contribution in [0.25, 0.3) is 0 Å². The van der Waals surface area contributed by atoms with Gasteiger partial charge in [-0.1, -0.05) is 12.1 Å². The summed E-state index contributed by atoms with van der Waals surface area (Å²) in [7, 11) is 1.49. The Bertz CT molecular complexity index is 712. The number of carbonyl (C=O) groups is 1. The fraction of sp³-hybridized carbons (Fsp3) is 0.267. The fourth-order valence-electron chi connectivity index (χ4n) is 1.96. The van der Waals surface area contributed by atoms with E-state index in [9.17, 15) is 14.0 Å². The summed E-state index contributed by atoms with van der Waals surface area (Å²) in [6.07, 6.45) is 0. The molecule has 0 aliphatic heterocycles. The molecular formula is C15H16FN3O2. The summed E-state index contributed by atoms with van der Waals surface area (Å²) in [5, 5.41) is 3.94. The van der Waals surface area contributed by atoms with Crippen LogP contribution in [0.3, 0.4) is 0 Å². The number of aromatic nitrogens is 2. The Morgan fingerprint density at radius 2 is 2.10 bits per heavy atom. The molecule has 1 amide bonds. The van der Waals surface area contributed by atoms with Crippen molar-refractivity contribution in [1.29, 1.82) is 0 Å². The topological polar surface area (TPSA) is 55.2 Å². The molecule has 0 fully saturated rings. The van der Waals surface area contributed by atoms with E-state index in [1.165, 1.54) is 31.3 Å². The molecule has 1 aromatic heterocycles. The number of carbonyl (C=O) groups excluding carboxylic acids is 1. The molecule has 0 atom stereocenters. The number of benzene rings is 1. The molecule has 1 aromatic carbocycles. The first-order chi connectivity index (χ1) is 10.0. The van der Waals surface area contributed by atoms with Crippen molar-refractivity contribution in [2.24, 2.45) is 7.05 Å². The molecule has 110 valence electrons. The second-order valence-electron chi connectivity index (χ2n) is 4.63. The maximum atomic E-state index is 13.2. The Morgan fingerprint density at radius 1 is 1.33 bits per heavy atom. The molecule has 0 saturated heterocycles. The molecule has 0 N–H and O–H groups in total. The van der Waals surface area contributed by atoms with Crippen LogP contribution in [0.15, 0.2) is 41.2 Å². The van der Waals surface area contributed by atoms with Gasteiger partial charge in [-0.2, -0.15) is 5.10 Å². The molecule has 0 radical (unpaired) electrons. The third kappa shape index (κ3) is 3.53. The first-order valence-corrected chi connectivity index (χ1v) is 6.59. The van der Waals surface area contributed by atoms with Gasteiger partial charge in [0.25, 0.3) is 11.5 Å². The molecule has 1 heterocycles. The molecule has 21 heavy (non-hydrogen) atoms. The molecule has 2 rings (SSSR count). The molecule has 5 nitrogen and oxygen atoms in total. The Balaban J connectivity index is 2.22. The fourth-order valence-corrected chi connectivity index (χ4v) is 1.96. The smallest absolute Gasteiger partial charge is 0.274 e. The summed E-state index contributed by atoms with van der Waals surface area (Å²) < 4.78 is 14.3. The zero-order valence-corrected chi connectivity index (χ0v) is 11.9. The first kappa shape index (κ1) is 14.9. The van der Waals surface area contributed by atoms with Crippen molar-refractivity contribution in [2.45, 2.75) is 13.5 Å². The number of nitrogens with zero attached hydrogens (tertiary/aromatic N) is 3. The van der Waals surface area contributed by atoms with Crippen LogP contribution >= 0.6 is 0 Å². The largest absolute Gasteiger partial charge is 0.333 e. The highest BCUT2D eigenvalue weighted by molar-refractivity contribution is 5.92. The lowest BCUT2D eigenvalue weighted by atomic mass is 10.2. The minimum atomic E-state index is -0.337. The van der Waals surface area contributed by atoms with E-state index >= 15 is 0 Å². The Hall–Kier alpha value is -2.50. The Labute approximate surface area is 121 Å². The average molecular weight is 289 g/mol. The number of hydrogen-bond donors (Lipinski definition) is 0. The Kier molecular flexibility index (Phi) is 4.47. The highest BCUT2D eigenvalue weighted by Gasteiger charge is 2.16. The van der Waals surface area contributed by atoms with Gasteiger partial charge in [0, 0.05) is 26.2 Å². The minimum absolute atomic E-state index is 0.190. The zero-order valence-electron chi connectivity index (χ0n) is 11.9. The van der Waals surface area contributed by atoms with Crippen molar-refractivity contribution < 1.29 is 9.18 Å². The SMILES string of the molecule is CCN(Cc1cccc(F)c1)C(=O)c1ccc(=O)n(C)n1. The van der Waals surface area contributed by atoms with Crippen LogP contribution in [0.1, 0.15) is 23.0 Å². The molecule has 0 aliphatic carbocycles. The summed E-state index contributed by atoms with van der Waals surface area (Å²) >= 11 is 0. The minimum Gasteiger partial charge on any atom is -0.333 e. The average Bonchev–Trinajstić information content (AvgIpc) is 2.47. The first-order valence-electron chi connectivity index (χ1n) is 6.59. The van der Waals surface area contributed by atoms with Gasteiger partial charge in [-0.3, -0.25) is 9.59 Å². The maximum absolute atomic E-state index is 13.2. The highest BCUT2D eigenvalue weighted by atomic mass is 19.1. The zero-order chi connectivity index (χ0) is 15.4. The van der Waals surface area contributed by atoms with Crippen molar-refractivity contribution in [1.82, 2.24) is 14.7 Å². The van der Waals surface area contributed by atoms with Crippen molar-refractivity contribution in [3.63, 3.8) is 0 Å². The lowest BCUT2D eigenvalue weighted by Crippen LogP contribution is -2.33. The third-order valence-electron chi connectivity index (χ3n) is 3.11. The van der Waals surface area contributed by atoms with Crippen LogP contribution in [0.5, 0.6) is 0 Å². The summed E-state index contributed by atoms with van der Waals surface area (Å²) in [5.41, 5.74) is 0.616. The van der Waals surface area contributed by atoms with Crippen LogP contribution in [0, 0.1) is 5.82 Å². The molecule has 0 spiro atoms. The summed E-state index contributed by atoms with van der Waals surface area (Å²) in [6.45, 7) is 2.58. The summed E-state index contributed by atoms with van der Waals surface area (Å²) in [6, 6.07) is 8.82. The third-order valence-corrected chi connectivity index (χ3v) is 3.11. The van der Waals surface area contributed by atoms with Gasteiger partial charge in [0.15, 0.2) is 0 Å². The molecule has 0 saturated carbocycles. The van der Waals surface area contributed by atoms with E-state index in [1.807, 2.05) is 6.92 Å². The number of rotatable bonds is 4. The number of amides is 1. The quantitative estimate of drug-likeness (QED) is 0.858. The predicted molar refractivity (Wildman–Crippen MR) is 76.3 cm³/mol. The monoisotopic (exact) mass is 289 g/mol. The summed E-state index contributed by atoms with van der Waals surface area (Å²) in [5.74, 6) is -0.631. The van der Waals surface area contributed by atoms with E-state index in [0.717, 1.165) is 4.68 Å². The molecule has 0 unspecified atom stereocenters. The van der Waals surface area contributed by atoms with Gasteiger partial charge in [-0.15, -0.1) is 0 Å². The molecule has 0 aliphatic rings. The predicted octanol–water partition coefficient (Wildman–Crippen LogP) is 1.58. The van der Waals surface area contributed by atoms with Gasteiger partial charge in [0.05, 0.1) is 0 Å². The second kappa shape index (κ2) is 6.30. The van der Waals surface area contributed by atoms with E-state index in [1.54, 1.807) is 17.0 Å². The number of aryl methyl sites for hydroxylation is 1. The lowest BCUT2D eigenvalue weighted by Gasteiger charge is -2.20. The molecule has 2 aromatic rings. The molecule has 0 bridgehead atoms.